The number of anilines is 1. The van der Waals surface area contributed by atoms with Crippen LogP contribution < -0.4 is 9.64 Å². The summed E-state index contributed by atoms with van der Waals surface area (Å²) in [6.45, 7) is 2.34. The molecule has 0 spiro atoms. The zero-order valence-corrected chi connectivity index (χ0v) is 13.2. The van der Waals surface area contributed by atoms with Crippen LogP contribution in [-0.2, 0) is 11.2 Å². The number of amides is 1. The quantitative estimate of drug-likeness (QED) is 0.806. The third kappa shape index (κ3) is 4.28. The van der Waals surface area contributed by atoms with Crippen LogP contribution in [0.1, 0.15) is 18.9 Å². The van der Waals surface area contributed by atoms with Gasteiger partial charge in [0.05, 0.1) is 7.11 Å². The van der Waals surface area contributed by atoms with E-state index in [1.165, 1.54) is 25.3 Å². The van der Waals surface area contributed by atoms with Crippen molar-refractivity contribution in [3.63, 3.8) is 0 Å². The molecule has 2 aromatic rings. The zero-order chi connectivity index (χ0) is 16.8. The van der Waals surface area contributed by atoms with Crippen LogP contribution >= 0.6 is 0 Å². The van der Waals surface area contributed by atoms with Crippen LogP contribution in [0.2, 0.25) is 0 Å². The molecular formula is C18H19F2NO2. The number of halogens is 2. The molecule has 2 aromatic carbocycles. The van der Waals surface area contributed by atoms with E-state index in [0.29, 0.717) is 18.7 Å². The van der Waals surface area contributed by atoms with Crippen molar-refractivity contribution < 1.29 is 18.3 Å². The molecule has 1 amide bonds. The number of hydrogen-bond acceptors (Lipinski definition) is 2. The molecule has 23 heavy (non-hydrogen) atoms. The van der Waals surface area contributed by atoms with E-state index in [0.717, 1.165) is 5.56 Å². The van der Waals surface area contributed by atoms with Crippen molar-refractivity contribution in [3.8, 4) is 5.75 Å². The molecule has 0 heterocycles. The normalized spacial score (nSPS) is 10.4. The second-order valence-electron chi connectivity index (χ2n) is 5.08. The Morgan fingerprint density at radius 3 is 2.39 bits per heavy atom. The van der Waals surface area contributed by atoms with Crippen molar-refractivity contribution in [2.75, 3.05) is 18.6 Å². The summed E-state index contributed by atoms with van der Waals surface area (Å²) in [6.07, 6.45) is 0.675. The topological polar surface area (TPSA) is 29.5 Å². The van der Waals surface area contributed by atoms with Gasteiger partial charge in [-0.1, -0.05) is 6.07 Å². The summed E-state index contributed by atoms with van der Waals surface area (Å²) >= 11 is 0. The van der Waals surface area contributed by atoms with E-state index in [1.54, 1.807) is 29.2 Å². The van der Waals surface area contributed by atoms with Crippen molar-refractivity contribution in [1.29, 1.82) is 0 Å². The minimum absolute atomic E-state index is 0.0877. The number of aryl methyl sites for hydroxylation is 1. The smallest absolute Gasteiger partial charge is 0.227 e. The van der Waals surface area contributed by atoms with Crippen LogP contribution in [0.4, 0.5) is 14.5 Å². The van der Waals surface area contributed by atoms with E-state index in [4.69, 9.17) is 4.74 Å². The van der Waals surface area contributed by atoms with Gasteiger partial charge in [0.25, 0.3) is 0 Å². The van der Waals surface area contributed by atoms with Gasteiger partial charge >= 0.3 is 0 Å². The molecule has 2 rings (SSSR count). The van der Waals surface area contributed by atoms with Gasteiger partial charge in [-0.15, -0.1) is 0 Å². The highest BCUT2D eigenvalue weighted by atomic mass is 19.1. The van der Waals surface area contributed by atoms with Crippen LogP contribution in [0.5, 0.6) is 5.75 Å². The third-order valence-corrected chi connectivity index (χ3v) is 3.60. The van der Waals surface area contributed by atoms with E-state index < -0.39 is 5.82 Å². The molecule has 0 unspecified atom stereocenters. The van der Waals surface area contributed by atoms with Gasteiger partial charge in [0.2, 0.25) is 5.91 Å². The number of nitrogens with zero attached hydrogens (tertiary/aromatic N) is 1. The second-order valence-corrected chi connectivity index (χ2v) is 5.08. The van der Waals surface area contributed by atoms with Gasteiger partial charge in [0, 0.05) is 18.7 Å². The molecule has 0 aliphatic heterocycles. The molecule has 0 aromatic heterocycles. The first kappa shape index (κ1) is 16.9. The summed E-state index contributed by atoms with van der Waals surface area (Å²) in [4.78, 5) is 13.9. The SMILES string of the molecule is CCN(C(=O)CCc1ccc(OC)c(F)c1)c1ccc(F)cc1. The van der Waals surface area contributed by atoms with Crippen molar-refractivity contribution in [3.05, 3.63) is 59.7 Å². The van der Waals surface area contributed by atoms with Gasteiger partial charge in [0.1, 0.15) is 5.82 Å². The molecule has 5 heteroatoms. The molecule has 3 nitrogen and oxygen atoms in total. The highest BCUT2D eigenvalue weighted by molar-refractivity contribution is 5.93. The summed E-state index contributed by atoms with van der Waals surface area (Å²) < 4.78 is 31.5. The number of ether oxygens (including phenoxy) is 1. The maximum absolute atomic E-state index is 13.6. The monoisotopic (exact) mass is 319 g/mol. The number of carbonyl (C=O) groups excluding carboxylic acids is 1. The molecular weight excluding hydrogens is 300 g/mol. The number of methoxy groups -OCH3 is 1. The lowest BCUT2D eigenvalue weighted by Gasteiger charge is -2.21. The van der Waals surface area contributed by atoms with Crippen LogP contribution in [0.15, 0.2) is 42.5 Å². The second kappa shape index (κ2) is 7.72. The first-order valence-electron chi connectivity index (χ1n) is 7.43. The molecule has 122 valence electrons. The summed E-state index contributed by atoms with van der Waals surface area (Å²) in [5, 5.41) is 0. The Bertz CT molecular complexity index is 671. The molecule has 0 aliphatic carbocycles. The predicted molar refractivity (Wildman–Crippen MR) is 85.7 cm³/mol. The number of carbonyl (C=O) groups is 1. The van der Waals surface area contributed by atoms with Gasteiger partial charge in [-0.25, -0.2) is 8.78 Å². The summed E-state index contributed by atoms with van der Waals surface area (Å²) in [6, 6.07) is 10.5. The maximum atomic E-state index is 13.6. The van der Waals surface area contributed by atoms with Gasteiger partial charge < -0.3 is 9.64 Å². The minimum Gasteiger partial charge on any atom is -0.494 e. The lowest BCUT2D eigenvalue weighted by Crippen LogP contribution is -2.30. The number of hydrogen-bond donors (Lipinski definition) is 0. The average Bonchev–Trinajstić information content (AvgIpc) is 2.55. The molecule has 0 fully saturated rings. The van der Waals surface area contributed by atoms with E-state index in [2.05, 4.69) is 0 Å². The fourth-order valence-electron chi connectivity index (χ4n) is 2.38. The summed E-state index contributed by atoms with van der Waals surface area (Å²) in [5.41, 5.74) is 1.38. The highest BCUT2D eigenvalue weighted by Gasteiger charge is 2.14. The molecule has 0 N–H and O–H groups in total. The Morgan fingerprint density at radius 2 is 1.83 bits per heavy atom. The summed E-state index contributed by atoms with van der Waals surface area (Å²) in [7, 11) is 1.41. The van der Waals surface area contributed by atoms with Gasteiger partial charge in [0.15, 0.2) is 11.6 Å². The zero-order valence-electron chi connectivity index (χ0n) is 13.2. The first-order valence-corrected chi connectivity index (χ1v) is 7.43. The Hall–Kier alpha value is -2.43. The average molecular weight is 319 g/mol. The van der Waals surface area contributed by atoms with E-state index >= 15 is 0 Å². The largest absolute Gasteiger partial charge is 0.494 e. The molecule has 0 aliphatic rings. The van der Waals surface area contributed by atoms with Crippen molar-refractivity contribution in [1.82, 2.24) is 0 Å². The Balaban J connectivity index is 2.02. The molecule has 0 saturated heterocycles. The van der Waals surface area contributed by atoms with Gasteiger partial charge in [-0.3, -0.25) is 4.79 Å². The summed E-state index contributed by atoms with van der Waals surface area (Å²) in [5.74, 6) is -0.689. The van der Waals surface area contributed by atoms with Crippen molar-refractivity contribution in [2.45, 2.75) is 19.8 Å². The van der Waals surface area contributed by atoms with E-state index in [9.17, 15) is 13.6 Å². The predicted octanol–water partition coefficient (Wildman–Crippen LogP) is 3.96. The molecule has 0 bridgehead atoms. The third-order valence-electron chi connectivity index (χ3n) is 3.60. The molecule has 0 saturated carbocycles. The fourth-order valence-corrected chi connectivity index (χ4v) is 2.38. The Kier molecular flexibility index (Phi) is 5.68. The van der Waals surface area contributed by atoms with E-state index in [-0.39, 0.29) is 23.9 Å². The lowest BCUT2D eigenvalue weighted by molar-refractivity contribution is -0.118. The number of rotatable bonds is 6. The van der Waals surface area contributed by atoms with Gasteiger partial charge in [-0.05, 0) is 55.3 Å². The van der Waals surface area contributed by atoms with Crippen LogP contribution in [0, 0.1) is 11.6 Å². The maximum Gasteiger partial charge on any atom is 0.227 e. The van der Waals surface area contributed by atoms with Crippen LogP contribution in [0.25, 0.3) is 0 Å². The number of benzene rings is 2. The lowest BCUT2D eigenvalue weighted by atomic mass is 10.1. The molecule has 0 atom stereocenters. The highest BCUT2D eigenvalue weighted by Crippen LogP contribution is 2.20. The van der Waals surface area contributed by atoms with Crippen molar-refractivity contribution in [2.24, 2.45) is 0 Å². The van der Waals surface area contributed by atoms with Crippen LogP contribution in [-0.4, -0.2) is 19.6 Å². The minimum atomic E-state index is -0.441. The fraction of sp³-hybridized carbons (Fsp3) is 0.278. The van der Waals surface area contributed by atoms with Crippen LogP contribution in [0.3, 0.4) is 0 Å². The Morgan fingerprint density at radius 1 is 1.13 bits per heavy atom. The standard InChI is InChI=1S/C18H19F2NO2/c1-3-21(15-8-6-14(19)7-9-15)18(22)11-5-13-4-10-17(23-2)16(20)12-13/h4,6-10,12H,3,5,11H2,1-2H3. The molecule has 0 radical (unpaired) electrons. The van der Waals surface area contributed by atoms with Crippen molar-refractivity contribution >= 4 is 11.6 Å². The van der Waals surface area contributed by atoms with E-state index in [1.807, 2.05) is 6.92 Å². The Labute approximate surface area is 134 Å². The van der Waals surface area contributed by atoms with Gasteiger partial charge in [-0.2, -0.15) is 0 Å². The first-order chi connectivity index (χ1) is 11.0.